The molecule has 184 valence electrons. The molecule has 0 radical (unpaired) electrons. The van der Waals surface area contributed by atoms with Gasteiger partial charge in [-0.3, -0.25) is 14.5 Å². The van der Waals surface area contributed by atoms with Crippen molar-refractivity contribution in [3.05, 3.63) is 62.8 Å². The van der Waals surface area contributed by atoms with Gasteiger partial charge in [0.05, 0.1) is 5.69 Å². The van der Waals surface area contributed by atoms with Crippen LogP contribution in [0.3, 0.4) is 0 Å². The second-order valence-corrected chi connectivity index (χ2v) is 10.9. The number of carbonyl (C=O) groups excluding carboxylic acids is 1. The number of fused-ring (bicyclic) bond motifs is 1. The van der Waals surface area contributed by atoms with Crippen molar-refractivity contribution in [2.45, 2.75) is 57.9 Å². The van der Waals surface area contributed by atoms with Crippen LogP contribution in [0.4, 0.5) is 5.69 Å². The zero-order chi connectivity index (χ0) is 24.2. The number of piperazine rings is 1. The summed E-state index contributed by atoms with van der Waals surface area (Å²) in [6.07, 6.45) is 10.0. The molecule has 35 heavy (non-hydrogen) atoms. The fourth-order valence-corrected chi connectivity index (χ4v) is 6.31. The minimum absolute atomic E-state index is 0.0464. The minimum atomic E-state index is -0.0464. The number of H-pyrrole nitrogens is 1. The van der Waals surface area contributed by atoms with E-state index in [1.807, 2.05) is 12.1 Å². The van der Waals surface area contributed by atoms with Crippen molar-refractivity contribution in [1.82, 2.24) is 20.2 Å². The summed E-state index contributed by atoms with van der Waals surface area (Å²) in [6, 6.07) is 6.37. The van der Waals surface area contributed by atoms with Gasteiger partial charge in [0.2, 0.25) is 0 Å². The number of allylic oxidation sites excluding steroid dienone is 1. The van der Waals surface area contributed by atoms with Crippen LogP contribution in [0.2, 0.25) is 0 Å². The Balaban J connectivity index is 1.12. The minimum Gasteiger partial charge on any atom is -0.369 e. The number of anilines is 1. The number of hydrogen-bond acceptors (Lipinski definition) is 5. The Morgan fingerprint density at radius 3 is 2.66 bits per heavy atom. The van der Waals surface area contributed by atoms with E-state index in [9.17, 15) is 9.59 Å². The van der Waals surface area contributed by atoms with Crippen LogP contribution in [0.25, 0.3) is 5.57 Å². The highest BCUT2D eigenvalue weighted by atomic mass is 16.1. The molecule has 3 aliphatic carbocycles. The van der Waals surface area contributed by atoms with Crippen LogP contribution in [0.1, 0.15) is 65.1 Å². The maximum absolute atomic E-state index is 12.9. The van der Waals surface area contributed by atoms with Crippen molar-refractivity contribution >= 4 is 17.2 Å². The summed E-state index contributed by atoms with van der Waals surface area (Å²) in [5, 5.41) is 2.69. The van der Waals surface area contributed by atoms with Crippen molar-refractivity contribution in [2.24, 2.45) is 5.41 Å². The van der Waals surface area contributed by atoms with Gasteiger partial charge in [-0.25, -0.2) is 4.98 Å². The van der Waals surface area contributed by atoms with E-state index in [4.69, 9.17) is 4.98 Å². The van der Waals surface area contributed by atoms with Gasteiger partial charge in [0.15, 0.2) is 0 Å². The summed E-state index contributed by atoms with van der Waals surface area (Å²) in [5.74, 6) is 0.753. The second-order valence-electron chi connectivity index (χ2n) is 10.9. The first-order valence-corrected chi connectivity index (χ1v) is 13.1. The predicted octanol–water partition coefficient (Wildman–Crippen LogP) is 3.07. The molecule has 2 heterocycles. The standard InChI is InChI=1S/C28H35N5O2/c1-18-15-20(26(34)29-2)4-6-24(18)33-13-11-32(12-14-33)21-5-3-19(16-21)25-30-23-7-8-28(9-10-28)17-22(23)27(35)31-25/h4,6,15-16,21H,3,5,7-14,17H2,1-2H3,(H,29,34)(H,30,31,35). The summed E-state index contributed by atoms with van der Waals surface area (Å²) < 4.78 is 0. The number of carbonyl (C=O) groups is 1. The molecule has 1 atom stereocenters. The Bertz CT molecular complexity index is 1250. The number of nitrogens with one attached hydrogen (secondary N) is 2. The highest BCUT2D eigenvalue weighted by Crippen LogP contribution is 2.53. The van der Waals surface area contributed by atoms with Gasteiger partial charge in [-0.2, -0.15) is 0 Å². The van der Waals surface area contributed by atoms with Gasteiger partial charge in [-0.05, 0) is 86.6 Å². The third kappa shape index (κ3) is 4.20. The van der Waals surface area contributed by atoms with Crippen LogP contribution >= 0.6 is 0 Å². The molecule has 1 unspecified atom stereocenters. The first kappa shape index (κ1) is 22.5. The fraction of sp³-hybridized carbons (Fsp3) is 0.536. The lowest BCUT2D eigenvalue weighted by atomic mass is 9.84. The molecule has 1 aliphatic heterocycles. The molecule has 2 fully saturated rings. The number of aromatic nitrogens is 2. The predicted molar refractivity (Wildman–Crippen MR) is 138 cm³/mol. The summed E-state index contributed by atoms with van der Waals surface area (Å²) in [6.45, 7) is 6.02. The quantitative estimate of drug-likeness (QED) is 0.713. The monoisotopic (exact) mass is 473 g/mol. The average molecular weight is 474 g/mol. The van der Waals surface area contributed by atoms with Crippen LogP contribution in [0.5, 0.6) is 0 Å². The molecule has 4 aliphatic rings. The van der Waals surface area contributed by atoms with Gasteiger partial charge in [0.25, 0.3) is 11.5 Å². The van der Waals surface area contributed by atoms with Crippen LogP contribution in [0.15, 0.2) is 29.1 Å². The van der Waals surface area contributed by atoms with E-state index in [1.165, 1.54) is 30.5 Å². The summed E-state index contributed by atoms with van der Waals surface area (Å²) >= 11 is 0. The van der Waals surface area contributed by atoms with Gasteiger partial charge >= 0.3 is 0 Å². The van der Waals surface area contributed by atoms with Crippen LogP contribution in [0, 0.1) is 12.3 Å². The fourth-order valence-electron chi connectivity index (χ4n) is 6.31. The van der Waals surface area contributed by atoms with Crippen molar-refractivity contribution < 1.29 is 4.79 Å². The summed E-state index contributed by atoms with van der Waals surface area (Å²) in [5.41, 5.74) is 6.75. The third-order valence-corrected chi connectivity index (χ3v) is 8.72. The van der Waals surface area contributed by atoms with E-state index in [0.717, 1.165) is 74.5 Å². The number of aryl methyl sites for hydroxylation is 2. The van der Waals surface area contributed by atoms with E-state index >= 15 is 0 Å². The number of rotatable bonds is 4. The highest BCUT2D eigenvalue weighted by molar-refractivity contribution is 5.94. The van der Waals surface area contributed by atoms with Crippen molar-refractivity contribution in [3.8, 4) is 0 Å². The molecular formula is C28H35N5O2. The Labute approximate surface area is 206 Å². The van der Waals surface area contributed by atoms with E-state index < -0.39 is 0 Å². The first-order chi connectivity index (χ1) is 16.9. The molecular weight excluding hydrogens is 438 g/mol. The zero-order valence-electron chi connectivity index (χ0n) is 20.8. The maximum atomic E-state index is 12.9. The van der Waals surface area contributed by atoms with E-state index in [2.05, 4.69) is 39.2 Å². The molecule has 6 rings (SSSR count). The van der Waals surface area contributed by atoms with E-state index in [-0.39, 0.29) is 11.5 Å². The Morgan fingerprint density at radius 2 is 1.94 bits per heavy atom. The van der Waals surface area contributed by atoms with Crippen molar-refractivity contribution in [1.29, 1.82) is 0 Å². The molecule has 2 aromatic rings. The topological polar surface area (TPSA) is 81.3 Å². The van der Waals surface area contributed by atoms with Gasteiger partial charge in [-0.15, -0.1) is 0 Å². The molecule has 0 bridgehead atoms. The molecule has 7 heteroatoms. The van der Waals surface area contributed by atoms with Crippen LogP contribution < -0.4 is 15.8 Å². The smallest absolute Gasteiger partial charge is 0.254 e. The highest BCUT2D eigenvalue weighted by Gasteiger charge is 2.45. The Hall–Kier alpha value is -2.93. The molecule has 1 spiro atoms. The molecule has 1 aromatic heterocycles. The van der Waals surface area contributed by atoms with Gasteiger partial charge in [-0.1, -0.05) is 6.08 Å². The normalized spacial score (nSPS) is 23.2. The Kier molecular flexibility index (Phi) is 5.55. The lowest BCUT2D eigenvalue weighted by Gasteiger charge is -2.39. The van der Waals surface area contributed by atoms with E-state index in [1.54, 1.807) is 7.05 Å². The number of amides is 1. The van der Waals surface area contributed by atoms with Crippen molar-refractivity contribution in [2.75, 3.05) is 38.1 Å². The first-order valence-electron chi connectivity index (χ1n) is 13.1. The Morgan fingerprint density at radius 1 is 1.14 bits per heavy atom. The lowest BCUT2D eigenvalue weighted by molar-refractivity contribution is 0.0963. The number of nitrogens with zero attached hydrogens (tertiary/aromatic N) is 3. The average Bonchev–Trinajstić information content (AvgIpc) is 3.43. The molecule has 1 saturated carbocycles. The van der Waals surface area contributed by atoms with E-state index in [0.29, 0.717) is 17.0 Å². The van der Waals surface area contributed by atoms with Gasteiger partial charge in [0, 0.05) is 56.1 Å². The molecule has 2 N–H and O–H groups in total. The van der Waals surface area contributed by atoms with Crippen LogP contribution in [-0.2, 0) is 12.8 Å². The summed E-state index contributed by atoms with van der Waals surface area (Å²) in [4.78, 5) is 37.8. The second kappa shape index (κ2) is 8.63. The number of aromatic amines is 1. The molecule has 7 nitrogen and oxygen atoms in total. The zero-order valence-corrected chi connectivity index (χ0v) is 20.8. The van der Waals surface area contributed by atoms with Crippen LogP contribution in [-0.4, -0.2) is 60.0 Å². The summed E-state index contributed by atoms with van der Waals surface area (Å²) in [7, 11) is 1.66. The largest absolute Gasteiger partial charge is 0.369 e. The molecule has 1 aromatic carbocycles. The number of hydrogen-bond donors (Lipinski definition) is 2. The van der Waals surface area contributed by atoms with Crippen molar-refractivity contribution in [3.63, 3.8) is 0 Å². The third-order valence-electron chi connectivity index (χ3n) is 8.72. The van der Waals surface area contributed by atoms with Gasteiger partial charge in [0.1, 0.15) is 5.82 Å². The SMILES string of the molecule is CNC(=O)c1ccc(N2CCN(C3C=C(c4nc5c(c(=O)[nH]4)CC4(CC5)CC4)CC3)CC2)c(C)c1. The van der Waals surface area contributed by atoms with Gasteiger partial charge < -0.3 is 15.2 Å². The molecule has 1 saturated heterocycles. The molecule has 1 amide bonds. The lowest BCUT2D eigenvalue weighted by Crippen LogP contribution is -2.49. The number of benzene rings is 1. The maximum Gasteiger partial charge on any atom is 0.254 e.